The van der Waals surface area contributed by atoms with Gasteiger partial charge in [-0.3, -0.25) is 9.10 Å². The smallest absolute Gasteiger partial charge is 0.235 e. The number of nitrogens with zero attached hydrogens (tertiary/aromatic N) is 1. The SMILES string of the molecule is O=C1CC2C=CSN12. The molecule has 2 heterocycles. The van der Waals surface area contributed by atoms with E-state index in [1.165, 1.54) is 11.9 Å². The van der Waals surface area contributed by atoms with Gasteiger partial charge in [0.15, 0.2) is 0 Å². The van der Waals surface area contributed by atoms with Gasteiger partial charge in [-0.05, 0) is 17.4 Å². The summed E-state index contributed by atoms with van der Waals surface area (Å²) in [5, 5.41) is 1.97. The van der Waals surface area contributed by atoms with Gasteiger partial charge in [-0.1, -0.05) is 6.08 Å². The molecule has 2 aliphatic heterocycles. The van der Waals surface area contributed by atoms with Crippen LogP contribution in [0, 0.1) is 0 Å². The molecular weight excluding hydrogens is 122 g/mol. The summed E-state index contributed by atoms with van der Waals surface area (Å²) in [5.74, 6) is 0.269. The van der Waals surface area contributed by atoms with Crippen LogP contribution in [0.5, 0.6) is 0 Å². The minimum Gasteiger partial charge on any atom is -0.275 e. The Morgan fingerprint density at radius 1 is 1.88 bits per heavy atom. The highest BCUT2D eigenvalue weighted by Gasteiger charge is 2.37. The van der Waals surface area contributed by atoms with Gasteiger partial charge in [-0.15, -0.1) is 0 Å². The fourth-order valence-corrected chi connectivity index (χ4v) is 1.77. The van der Waals surface area contributed by atoms with E-state index in [-0.39, 0.29) is 5.91 Å². The van der Waals surface area contributed by atoms with Crippen LogP contribution in [-0.4, -0.2) is 16.3 Å². The fraction of sp³-hybridized carbons (Fsp3) is 0.400. The van der Waals surface area contributed by atoms with Crippen LogP contribution in [0.3, 0.4) is 0 Å². The van der Waals surface area contributed by atoms with E-state index in [1.54, 1.807) is 4.31 Å². The van der Waals surface area contributed by atoms with Crippen molar-refractivity contribution in [3.05, 3.63) is 11.5 Å². The van der Waals surface area contributed by atoms with Crippen molar-refractivity contribution in [1.82, 2.24) is 4.31 Å². The van der Waals surface area contributed by atoms with Gasteiger partial charge in [0.1, 0.15) is 0 Å². The van der Waals surface area contributed by atoms with Gasteiger partial charge in [0.05, 0.1) is 12.5 Å². The van der Waals surface area contributed by atoms with Crippen molar-refractivity contribution in [2.75, 3.05) is 0 Å². The molecule has 0 aliphatic carbocycles. The molecule has 0 N–H and O–H groups in total. The topological polar surface area (TPSA) is 20.3 Å². The number of hydrogen-bond donors (Lipinski definition) is 0. The normalized spacial score (nSPS) is 32.8. The van der Waals surface area contributed by atoms with Crippen molar-refractivity contribution < 1.29 is 4.79 Å². The zero-order valence-corrected chi connectivity index (χ0v) is 5.02. The van der Waals surface area contributed by atoms with Gasteiger partial charge in [0, 0.05) is 0 Å². The second-order valence-corrected chi connectivity index (χ2v) is 2.80. The second-order valence-electron chi connectivity index (χ2n) is 1.92. The van der Waals surface area contributed by atoms with Gasteiger partial charge in [0.25, 0.3) is 0 Å². The lowest BCUT2D eigenvalue weighted by Gasteiger charge is -2.31. The van der Waals surface area contributed by atoms with Crippen molar-refractivity contribution in [2.45, 2.75) is 12.5 Å². The first kappa shape index (κ1) is 4.44. The van der Waals surface area contributed by atoms with Crippen LogP contribution in [-0.2, 0) is 4.79 Å². The first-order valence-electron chi connectivity index (χ1n) is 2.53. The Bertz CT molecular complexity index is 166. The minimum absolute atomic E-state index is 0.269. The molecule has 2 aliphatic rings. The molecule has 3 heteroatoms. The van der Waals surface area contributed by atoms with Gasteiger partial charge >= 0.3 is 0 Å². The largest absolute Gasteiger partial charge is 0.275 e. The summed E-state index contributed by atoms with van der Waals surface area (Å²) in [7, 11) is 0. The molecule has 42 valence electrons. The van der Waals surface area contributed by atoms with E-state index < -0.39 is 0 Å². The number of β-lactam (4-membered cyclic amide) rings is 1. The fourth-order valence-electron chi connectivity index (χ4n) is 0.899. The Morgan fingerprint density at radius 3 is 3.25 bits per heavy atom. The molecule has 1 unspecified atom stereocenters. The van der Waals surface area contributed by atoms with E-state index in [0.29, 0.717) is 6.04 Å². The molecule has 0 radical (unpaired) electrons. The molecule has 2 rings (SSSR count). The molecule has 1 saturated heterocycles. The lowest BCUT2D eigenvalue weighted by atomic mass is 10.1. The number of fused-ring (bicyclic) bond motifs is 1. The molecule has 0 aromatic carbocycles. The highest BCUT2D eigenvalue weighted by atomic mass is 32.2. The molecule has 2 nitrogen and oxygen atoms in total. The third-order valence-corrected chi connectivity index (χ3v) is 2.39. The lowest BCUT2D eigenvalue weighted by Crippen LogP contribution is -2.44. The first-order valence-corrected chi connectivity index (χ1v) is 3.37. The molecule has 0 aromatic heterocycles. The van der Waals surface area contributed by atoms with Gasteiger partial charge in [-0.25, -0.2) is 0 Å². The van der Waals surface area contributed by atoms with Crippen LogP contribution < -0.4 is 0 Å². The van der Waals surface area contributed by atoms with E-state index >= 15 is 0 Å². The molecule has 8 heavy (non-hydrogen) atoms. The third-order valence-electron chi connectivity index (χ3n) is 1.41. The van der Waals surface area contributed by atoms with Crippen molar-refractivity contribution in [3.8, 4) is 0 Å². The molecule has 0 spiro atoms. The highest BCUT2D eigenvalue weighted by molar-refractivity contribution is 8.00. The number of rotatable bonds is 0. The summed E-state index contributed by atoms with van der Waals surface area (Å²) in [6.07, 6.45) is 2.79. The Balaban J connectivity index is 2.19. The standard InChI is InChI=1S/C5H5NOS/c7-5-3-4-1-2-8-6(4)5/h1-2,4H,3H2. The van der Waals surface area contributed by atoms with Gasteiger partial charge < -0.3 is 0 Å². The molecule has 1 atom stereocenters. The van der Waals surface area contributed by atoms with Crippen LogP contribution in [0.2, 0.25) is 0 Å². The summed E-state index contributed by atoms with van der Waals surface area (Å²) in [6.45, 7) is 0. The summed E-state index contributed by atoms with van der Waals surface area (Å²) in [4.78, 5) is 10.6. The van der Waals surface area contributed by atoms with Crippen molar-refractivity contribution in [3.63, 3.8) is 0 Å². The van der Waals surface area contributed by atoms with E-state index in [4.69, 9.17) is 0 Å². The molecule has 0 aromatic rings. The summed E-state index contributed by atoms with van der Waals surface area (Å²) < 4.78 is 1.79. The van der Waals surface area contributed by atoms with E-state index in [1.807, 2.05) is 5.41 Å². The van der Waals surface area contributed by atoms with Crippen LogP contribution >= 0.6 is 11.9 Å². The van der Waals surface area contributed by atoms with E-state index in [2.05, 4.69) is 6.08 Å². The lowest BCUT2D eigenvalue weighted by molar-refractivity contribution is -0.134. The monoisotopic (exact) mass is 127 g/mol. The molecular formula is C5H5NOS. The Kier molecular flexibility index (Phi) is 0.713. The average Bonchev–Trinajstić information content (AvgIpc) is 2.09. The van der Waals surface area contributed by atoms with E-state index in [0.717, 1.165) is 6.42 Å². The molecule has 0 bridgehead atoms. The number of hydrogen-bond acceptors (Lipinski definition) is 2. The van der Waals surface area contributed by atoms with Crippen LogP contribution in [0.1, 0.15) is 6.42 Å². The molecule has 1 fully saturated rings. The van der Waals surface area contributed by atoms with E-state index in [9.17, 15) is 4.79 Å². The summed E-state index contributed by atoms with van der Waals surface area (Å²) in [5.41, 5.74) is 0. The third kappa shape index (κ3) is 0.375. The predicted octanol–water partition coefficient (Wildman–Crippen LogP) is 0.763. The maximum Gasteiger partial charge on any atom is 0.235 e. The average molecular weight is 127 g/mol. The van der Waals surface area contributed by atoms with Crippen LogP contribution in [0.25, 0.3) is 0 Å². The van der Waals surface area contributed by atoms with Gasteiger partial charge in [-0.2, -0.15) is 0 Å². The van der Waals surface area contributed by atoms with Crippen LogP contribution in [0.4, 0.5) is 0 Å². The molecule has 1 amide bonds. The van der Waals surface area contributed by atoms with Crippen molar-refractivity contribution in [1.29, 1.82) is 0 Å². The summed E-state index contributed by atoms with van der Waals surface area (Å²) >= 11 is 1.50. The van der Waals surface area contributed by atoms with Crippen molar-refractivity contribution in [2.24, 2.45) is 0 Å². The Labute approximate surface area is 51.7 Å². The quantitative estimate of drug-likeness (QED) is 0.354. The van der Waals surface area contributed by atoms with Crippen LogP contribution in [0.15, 0.2) is 11.5 Å². The number of amides is 1. The first-order chi connectivity index (χ1) is 3.88. The van der Waals surface area contributed by atoms with Gasteiger partial charge in [0.2, 0.25) is 5.91 Å². The maximum absolute atomic E-state index is 10.6. The Hall–Kier alpha value is -0.440. The zero-order chi connectivity index (χ0) is 5.56. The zero-order valence-electron chi connectivity index (χ0n) is 4.20. The van der Waals surface area contributed by atoms with Crippen molar-refractivity contribution >= 4 is 17.9 Å². The molecule has 0 saturated carbocycles. The maximum atomic E-state index is 10.6. The summed E-state index contributed by atoms with van der Waals surface area (Å²) in [6, 6.07) is 0.437. The Morgan fingerprint density at radius 2 is 2.75 bits per heavy atom. The highest BCUT2D eigenvalue weighted by Crippen LogP contribution is 2.34. The second kappa shape index (κ2) is 1.29. The minimum atomic E-state index is 0.269. The number of carbonyl (C=O) groups excluding carboxylic acids is 1. The predicted molar refractivity (Wildman–Crippen MR) is 32.0 cm³/mol. The number of carbonyl (C=O) groups is 1.